The standard InChI is InChI=1S/C11H11N5O/c12-5-7-4-9(16-15-7)6-1-2-8-10(3-6)14-11(17)13-8/h1-4H,5,12H2,(H,15,16)(H2,13,14,17). The summed E-state index contributed by atoms with van der Waals surface area (Å²) < 4.78 is 0. The monoisotopic (exact) mass is 229 g/mol. The number of H-pyrrole nitrogens is 3. The Labute approximate surface area is 95.9 Å². The van der Waals surface area contributed by atoms with Crippen molar-refractivity contribution < 1.29 is 0 Å². The van der Waals surface area contributed by atoms with Crippen molar-refractivity contribution in [2.75, 3.05) is 0 Å². The first-order valence-electron chi connectivity index (χ1n) is 5.23. The second kappa shape index (κ2) is 3.60. The SMILES string of the molecule is NCc1cc(-c2ccc3[nH]c(=O)[nH]c3c2)n[nH]1. The zero-order valence-corrected chi connectivity index (χ0v) is 8.95. The summed E-state index contributed by atoms with van der Waals surface area (Å²) in [5.41, 5.74) is 9.48. The Morgan fingerprint density at radius 3 is 2.76 bits per heavy atom. The molecule has 0 aliphatic carbocycles. The van der Waals surface area contributed by atoms with Crippen LogP contribution in [0.4, 0.5) is 0 Å². The Kier molecular flexibility index (Phi) is 2.09. The fourth-order valence-corrected chi connectivity index (χ4v) is 1.81. The van der Waals surface area contributed by atoms with Gasteiger partial charge in [0, 0.05) is 17.8 Å². The highest BCUT2D eigenvalue weighted by atomic mass is 16.1. The number of benzene rings is 1. The largest absolute Gasteiger partial charge is 0.325 e. The van der Waals surface area contributed by atoms with E-state index in [9.17, 15) is 4.79 Å². The second-order valence-corrected chi connectivity index (χ2v) is 3.82. The molecule has 0 radical (unpaired) electrons. The molecule has 0 saturated heterocycles. The minimum atomic E-state index is -0.207. The van der Waals surface area contributed by atoms with Crippen LogP contribution in [0.15, 0.2) is 29.1 Å². The van der Waals surface area contributed by atoms with E-state index in [-0.39, 0.29) is 5.69 Å². The van der Waals surface area contributed by atoms with E-state index in [2.05, 4.69) is 20.2 Å². The van der Waals surface area contributed by atoms with Crippen molar-refractivity contribution in [3.8, 4) is 11.3 Å². The molecule has 0 amide bonds. The minimum Gasteiger partial charge on any atom is -0.325 e. The Bertz CT molecular complexity index is 721. The van der Waals surface area contributed by atoms with Crippen LogP contribution in [-0.2, 0) is 6.54 Å². The number of hydrogen-bond donors (Lipinski definition) is 4. The van der Waals surface area contributed by atoms with E-state index in [1.807, 2.05) is 24.3 Å². The fraction of sp³-hybridized carbons (Fsp3) is 0.0909. The summed E-state index contributed by atoms with van der Waals surface area (Å²) in [4.78, 5) is 16.5. The molecule has 86 valence electrons. The van der Waals surface area contributed by atoms with Gasteiger partial charge in [0.2, 0.25) is 0 Å². The third-order valence-corrected chi connectivity index (χ3v) is 2.66. The first kappa shape index (κ1) is 9.86. The molecule has 1 aromatic carbocycles. The average Bonchev–Trinajstić information content (AvgIpc) is 2.92. The topological polar surface area (TPSA) is 103 Å². The number of imidazole rings is 1. The van der Waals surface area contributed by atoms with Gasteiger partial charge in [-0.25, -0.2) is 4.79 Å². The molecule has 0 atom stereocenters. The first-order chi connectivity index (χ1) is 8.26. The number of nitrogens with one attached hydrogen (secondary N) is 3. The molecule has 0 fully saturated rings. The van der Waals surface area contributed by atoms with Crippen molar-refractivity contribution in [1.29, 1.82) is 0 Å². The number of aromatic amines is 3. The summed E-state index contributed by atoms with van der Waals surface area (Å²) in [6.07, 6.45) is 0. The zero-order valence-electron chi connectivity index (χ0n) is 8.95. The second-order valence-electron chi connectivity index (χ2n) is 3.82. The fourth-order valence-electron chi connectivity index (χ4n) is 1.81. The molecule has 17 heavy (non-hydrogen) atoms. The number of aromatic nitrogens is 4. The van der Waals surface area contributed by atoms with Crippen LogP contribution in [0.25, 0.3) is 22.3 Å². The molecule has 2 heterocycles. The van der Waals surface area contributed by atoms with Crippen LogP contribution >= 0.6 is 0 Å². The summed E-state index contributed by atoms with van der Waals surface area (Å²) in [5.74, 6) is 0. The zero-order chi connectivity index (χ0) is 11.8. The van der Waals surface area contributed by atoms with Crippen molar-refractivity contribution >= 4 is 11.0 Å². The molecule has 0 aliphatic rings. The highest BCUT2D eigenvalue weighted by Gasteiger charge is 2.05. The molecule has 0 unspecified atom stereocenters. The van der Waals surface area contributed by atoms with Gasteiger partial charge in [-0.15, -0.1) is 0 Å². The maximum absolute atomic E-state index is 11.1. The molecule has 3 aromatic rings. The molecule has 0 bridgehead atoms. The lowest BCUT2D eigenvalue weighted by Gasteiger charge is -1.95. The van der Waals surface area contributed by atoms with Gasteiger partial charge in [-0.3, -0.25) is 5.10 Å². The van der Waals surface area contributed by atoms with Gasteiger partial charge in [0.25, 0.3) is 0 Å². The highest BCUT2D eigenvalue weighted by Crippen LogP contribution is 2.20. The predicted octanol–water partition coefficient (Wildman–Crippen LogP) is 0.705. The molecule has 0 saturated carbocycles. The van der Waals surface area contributed by atoms with E-state index in [1.54, 1.807) is 0 Å². The molecule has 2 aromatic heterocycles. The molecule has 0 spiro atoms. The van der Waals surface area contributed by atoms with E-state index in [4.69, 9.17) is 5.73 Å². The first-order valence-corrected chi connectivity index (χ1v) is 5.23. The van der Waals surface area contributed by atoms with Crippen molar-refractivity contribution in [3.63, 3.8) is 0 Å². The number of hydrogen-bond acceptors (Lipinski definition) is 3. The quantitative estimate of drug-likeness (QED) is 0.520. The van der Waals surface area contributed by atoms with Gasteiger partial charge in [0.15, 0.2) is 0 Å². The molecular formula is C11H11N5O. The van der Waals surface area contributed by atoms with Crippen LogP contribution in [0.1, 0.15) is 5.69 Å². The van der Waals surface area contributed by atoms with Gasteiger partial charge in [0.1, 0.15) is 0 Å². The number of nitrogens with zero attached hydrogens (tertiary/aromatic N) is 1. The molecule has 6 heteroatoms. The van der Waals surface area contributed by atoms with E-state index in [0.29, 0.717) is 6.54 Å². The molecule has 0 aliphatic heterocycles. The van der Waals surface area contributed by atoms with Crippen LogP contribution in [0.5, 0.6) is 0 Å². The average molecular weight is 229 g/mol. The maximum atomic E-state index is 11.1. The summed E-state index contributed by atoms with van der Waals surface area (Å²) in [7, 11) is 0. The normalized spacial score (nSPS) is 11.1. The van der Waals surface area contributed by atoms with Crippen LogP contribution in [0.2, 0.25) is 0 Å². The number of rotatable bonds is 2. The van der Waals surface area contributed by atoms with Crippen LogP contribution in [0, 0.1) is 0 Å². The summed E-state index contributed by atoms with van der Waals surface area (Å²) in [6.45, 7) is 0.427. The number of fused-ring (bicyclic) bond motifs is 1. The van der Waals surface area contributed by atoms with E-state index in [0.717, 1.165) is 28.0 Å². The minimum absolute atomic E-state index is 0.207. The Morgan fingerprint density at radius 2 is 2.00 bits per heavy atom. The van der Waals surface area contributed by atoms with Crippen molar-refractivity contribution in [3.05, 3.63) is 40.4 Å². The third kappa shape index (κ3) is 1.64. The van der Waals surface area contributed by atoms with Gasteiger partial charge >= 0.3 is 5.69 Å². The van der Waals surface area contributed by atoms with Crippen molar-refractivity contribution in [2.45, 2.75) is 6.54 Å². The Morgan fingerprint density at radius 1 is 1.18 bits per heavy atom. The summed E-state index contributed by atoms with van der Waals surface area (Å²) in [5, 5.41) is 7.02. The highest BCUT2D eigenvalue weighted by molar-refractivity contribution is 5.80. The predicted molar refractivity (Wildman–Crippen MR) is 64.4 cm³/mol. The summed E-state index contributed by atoms with van der Waals surface area (Å²) in [6, 6.07) is 7.53. The molecular weight excluding hydrogens is 218 g/mol. The molecule has 5 N–H and O–H groups in total. The van der Waals surface area contributed by atoms with Gasteiger partial charge in [-0.05, 0) is 18.2 Å². The van der Waals surface area contributed by atoms with Gasteiger partial charge in [0.05, 0.1) is 16.7 Å². The molecule has 6 nitrogen and oxygen atoms in total. The third-order valence-electron chi connectivity index (χ3n) is 2.66. The lowest BCUT2D eigenvalue weighted by Crippen LogP contribution is -1.99. The van der Waals surface area contributed by atoms with Crippen LogP contribution in [-0.4, -0.2) is 20.2 Å². The van der Waals surface area contributed by atoms with Crippen molar-refractivity contribution in [2.24, 2.45) is 5.73 Å². The van der Waals surface area contributed by atoms with Gasteiger partial charge in [-0.1, -0.05) is 6.07 Å². The van der Waals surface area contributed by atoms with Gasteiger partial charge in [-0.2, -0.15) is 5.10 Å². The smallest absolute Gasteiger partial charge is 0.323 e. The Hall–Kier alpha value is -2.34. The Balaban J connectivity index is 2.13. The lowest BCUT2D eigenvalue weighted by atomic mass is 10.1. The van der Waals surface area contributed by atoms with E-state index in [1.165, 1.54) is 0 Å². The van der Waals surface area contributed by atoms with Gasteiger partial charge < -0.3 is 15.7 Å². The summed E-state index contributed by atoms with van der Waals surface area (Å²) >= 11 is 0. The van der Waals surface area contributed by atoms with Crippen LogP contribution in [0.3, 0.4) is 0 Å². The number of nitrogens with two attached hydrogens (primary N) is 1. The molecule has 3 rings (SSSR count). The van der Waals surface area contributed by atoms with E-state index < -0.39 is 0 Å². The lowest BCUT2D eigenvalue weighted by molar-refractivity contribution is 0.948. The van der Waals surface area contributed by atoms with E-state index >= 15 is 0 Å². The maximum Gasteiger partial charge on any atom is 0.323 e. The van der Waals surface area contributed by atoms with Crippen molar-refractivity contribution in [1.82, 2.24) is 20.2 Å². The van der Waals surface area contributed by atoms with Crippen LogP contribution < -0.4 is 11.4 Å².